The number of aliphatic carboxylic acids is 1. The van der Waals surface area contributed by atoms with Crippen LogP contribution in [0.5, 0.6) is 11.5 Å². The van der Waals surface area contributed by atoms with Crippen LogP contribution in [0.1, 0.15) is 43.5 Å². The Hall–Kier alpha value is -2.28. The van der Waals surface area contributed by atoms with E-state index in [9.17, 15) is 14.7 Å². The van der Waals surface area contributed by atoms with Crippen LogP contribution in [0.3, 0.4) is 0 Å². The number of hydrogen-bond acceptors (Lipinski definition) is 5. The molecule has 3 rings (SSSR count). The third-order valence-corrected chi connectivity index (χ3v) is 5.53. The summed E-state index contributed by atoms with van der Waals surface area (Å²) >= 11 is 0. The second-order valence-corrected chi connectivity index (χ2v) is 7.73. The van der Waals surface area contributed by atoms with E-state index < -0.39 is 11.9 Å². The molecule has 2 aliphatic rings. The lowest BCUT2D eigenvalue weighted by molar-refractivity contribution is -0.145. The number of piperidine rings is 1. The Morgan fingerprint density at radius 1 is 1.21 bits per heavy atom. The zero-order valence-electron chi connectivity index (χ0n) is 16.7. The van der Waals surface area contributed by atoms with E-state index >= 15 is 0 Å². The molecule has 1 N–H and O–H groups in total. The predicted octanol–water partition coefficient (Wildman–Crippen LogP) is 2.82. The average Bonchev–Trinajstić information content (AvgIpc) is 3.17. The van der Waals surface area contributed by atoms with E-state index in [0.29, 0.717) is 43.2 Å². The minimum atomic E-state index is -0.783. The molecule has 0 saturated carbocycles. The Labute approximate surface area is 165 Å². The molecule has 2 saturated heterocycles. The lowest BCUT2D eigenvalue weighted by Gasteiger charge is -2.35. The molecular formula is C21H29NO6. The second-order valence-electron chi connectivity index (χ2n) is 7.73. The Morgan fingerprint density at radius 2 is 1.93 bits per heavy atom. The molecule has 1 unspecified atom stereocenters. The van der Waals surface area contributed by atoms with Gasteiger partial charge in [-0.15, -0.1) is 0 Å². The van der Waals surface area contributed by atoms with Gasteiger partial charge in [0.15, 0.2) is 0 Å². The number of ether oxygens (including phenoxy) is 3. The fourth-order valence-electron chi connectivity index (χ4n) is 4.10. The highest BCUT2D eigenvalue weighted by Gasteiger charge is 2.41. The molecule has 0 spiro atoms. The minimum absolute atomic E-state index is 0.0585. The molecule has 0 aromatic heterocycles. The molecule has 28 heavy (non-hydrogen) atoms. The van der Waals surface area contributed by atoms with Crippen LogP contribution in [0, 0.1) is 11.8 Å². The molecule has 1 amide bonds. The van der Waals surface area contributed by atoms with Crippen LogP contribution < -0.4 is 9.47 Å². The maximum absolute atomic E-state index is 13.1. The Bertz CT molecular complexity index is 711. The van der Waals surface area contributed by atoms with Crippen molar-refractivity contribution in [3.63, 3.8) is 0 Å². The summed E-state index contributed by atoms with van der Waals surface area (Å²) in [6, 6.07) is 5.24. The number of carbonyl (C=O) groups excluding carboxylic acids is 1. The van der Waals surface area contributed by atoms with Gasteiger partial charge < -0.3 is 24.2 Å². The number of rotatable bonds is 6. The van der Waals surface area contributed by atoms with E-state index in [1.165, 1.54) is 0 Å². The van der Waals surface area contributed by atoms with Crippen LogP contribution in [0.15, 0.2) is 18.2 Å². The summed E-state index contributed by atoms with van der Waals surface area (Å²) in [5.74, 6) is 0.0546. The number of nitrogens with zero attached hydrogens (tertiary/aromatic N) is 1. The van der Waals surface area contributed by atoms with Crippen molar-refractivity contribution in [3.8, 4) is 11.5 Å². The third kappa shape index (κ3) is 4.41. The number of amides is 1. The van der Waals surface area contributed by atoms with Crippen LogP contribution in [-0.4, -0.2) is 60.9 Å². The smallest absolute Gasteiger partial charge is 0.309 e. The number of carboxylic acid groups (broad SMARTS) is 1. The molecule has 7 nitrogen and oxygen atoms in total. The van der Waals surface area contributed by atoms with Gasteiger partial charge in [0.25, 0.3) is 5.91 Å². The van der Waals surface area contributed by atoms with E-state index in [1.54, 1.807) is 25.3 Å². The summed E-state index contributed by atoms with van der Waals surface area (Å²) in [7, 11) is 1.58. The molecule has 7 heteroatoms. The van der Waals surface area contributed by atoms with Gasteiger partial charge in [-0.3, -0.25) is 9.59 Å². The molecule has 0 bridgehead atoms. The highest BCUT2D eigenvalue weighted by molar-refractivity contribution is 5.97. The number of benzene rings is 1. The normalized spacial score (nSPS) is 23.1. The van der Waals surface area contributed by atoms with E-state index in [2.05, 4.69) is 0 Å². The molecule has 1 aromatic carbocycles. The summed E-state index contributed by atoms with van der Waals surface area (Å²) < 4.78 is 16.8. The van der Waals surface area contributed by atoms with Crippen LogP contribution in [0.4, 0.5) is 0 Å². The minimum Gasteiger partial charge on any atom is -0.497 e. The van der Waals surface area contributed by atoms with Gasteiger partial charge in [-0.25, -0.2) is 0 Å². The largest absolute Gasteiger partial charge is 0.497 e. The van der Waals surface area contributed by atoms with Crippen molar-refractivity contribution in [1.82, 2.24) is 4.90 Å². The first kappa shape index (κ1) is 20.5. The highest BCUT2D eigenvalue weighted by atomic mass is 16.5. The average molecular weight is 391 g/mol. The van der Waals surface area contributed by atoms with E-state index in [4.69, 9.17) is 14.2 Å². The van der Waals surface area contributed by atoms with Gasteiger partial charge in [0.2, 0.25) is 0 Å². The highest BCUT2D eigenvalue weighted by Crippen LogP contribution is 2.34. The van der Waals surface area contributed by atoms with Gasteiger partial charge in [-0.1, -0.05) is 0 Å². The quantitative estimate of drug-likeness (QED) is 0.803. The molecule has 0 aliphatic carbocycles. The van der Waals surface area contributed by atoms with Crippen molar-refractivity contribution < 1.29 is 28.9 Å². The fraction of sp³-hybridized carbons (Fsp3) is 0.619. The van der Waals surface area contributed by atoms with Crippen molar-refractivity contribution >= 4 is 11.9 Å². The monoisotopic (exact) mass is 391 g/mol. The SMILES string of the molecule is COc1ccc(C(=O)N2CCC([C@@H]3OCCC3C(=O)O)CC2)c(OC(C)C)c1. The summed E-state index contributed by atoms with van der Waals surface area (Å²) in [6.45, 7) is 5.51. The predicted molar refractivity (Wildman–Crippen MR) is 103 cm³/mol. The maximum atomic E-state index is 13.1. The Balaban J connectivity index is 1.67. The first-order valence-electron chi connectivity index (χ1n) is 9.89. The molecular weight excluding hydrogens is 362 g/mol. The molecule has 2 heterocycles. The first-order chi connectivity index (χ1) is 13.4. The van der Waals surface area contributed by atoms with Crippen LogP contribution in [0.25, 0.3) is 0 Å². The summed E-state index contributed by atoms with van der Waals surface area (Å²) in [5.41, 5.74) is 0.522. The number of carbonyl (C=O) groups is 2. The van der Waals surface area contributed by atoms with Gasteiger partial charge in [-0.05, 0) is 51.2 Å². The Kier molecular flexibility index (Phi) is 6.44. The molecule has 154 valence electrons. The third-order valence-electron chi connectivity index (χ3n) is 5.53. The zero-order valence-corrected chi connectivity index (χ0v) is 16.7. The fourth-order valence-corrected chi connectivity index (χ4v) is 4.10. The topological polar surface area (TPSA) is 85.3 Å². The van der Waals surface area contributed by atoms with Crippen LogP contribution >= 0.6 is 0 Å². The number of hydrogen-bond donors (Lipinski definition) is 1. The molecule has 2 atom stereocenters. The van der Waals surface area contributed by atoms with Gasteiger partial charge in [0.05, 0.1) is 30.8 Å². The summed E-state index contributed by atoms with van der Waals surface area (Å²) in [5, 5.41) is 9.38. The molecule has 1 aromatic rings. The Morgan fingerprint density at radius 3 is 2.54 bits per heavy atom. The van der Waals surface area contributed by atoms with Gasteiger partial charge in [0.1, 0.15) is 11.5 Å². The van der Waals surface area contributed by atoms with E-state index in [-0.39, 0.29) is 24.0 Å². The zero-order chi connectivity index (χ0) is 20.3. The van der Waals surface area contributed by atoms with Crippen molar-refractivity contribution in [2.24, 2.45) is 11.8 Å². The summed E-state index contributed by atoms with van der Waals surface area (Å²) in [6.07, 6.45) is 1.77. The van der Waals surface area contributed by atoms with Gasteiger partial charge >= 0.3 is 5.97 Å². The number of methoxy groups -OCH3 is 1. The number of carboxylic acids is 1. The van der Waals surface area contributed by atoms with Gasteiger partial charge in [-0.2, -0.15) is 0 Å². The lowest BCUT2D eigenvalue weighted by Crippen LogP contribution is -2.43. The molecule has 2 aliphatic heterocycles. The van der Waals surface area contributed by atoms with Crippen molar-refractivity contribution in [3.05, 3.63) is 23.8 Å². The molecule has 0 radical (unpaired) electrons. The molecule has 2 fully saturated rings. The second kappa shape index (κ2) is 8.82. The van der Waals surface area contributed by atoms with Crippen molar-refractivity contribution in [2.75, 3.05) is 26.8 Å². The maximum Gasteiger partial charge on any atom is 0.309 e. The summed E-state index contributed by atoms with van der Waals surface area (Å²) in [4.78, 5) is 26.3. The lowest BCUT2D eigenvalue weighted by atomic mass is 9.84. The van der Waals surface area contributed by atoms with E-state index in [1.807, 2.05) is 18.7 Å². The first-order valence-corrected chi connectivity index (χ1v) is 9.89. The van der Waals surface area contributed by atoms with Gasteiger partial charge in [0, 0.05) is 25.8 Å². The van der Waals surface area contributed by atoms with Crippen molar-refractivity contribution in [2.45, 2.75) is 45.3 Å². The van der Waals surface area contributed by atoms with Crippen molar-refractivity contribution in [1.29, 1.82) is 0 Å². The standard InChI is InChI=1S/C21H29NO6/c1-13(2)28-18-12-15(26-3)4-5-16(18)20(23)22-9-6-14(7-10-22)19-17(21(24)25)8-11-27-19/h4-5,12-14,17,19H,6-11H2,1-3H3,(H,24,25)/t17?,19-/m0/s1. The number of likely N-dealkylation sites (tertiary alicyclic amines) is 1. The van der Waals surface area contributed by atoms with Crippen LogP contribution in [-0.2, 0) is 9.53 Å². The van der Waals surface area contributed by atoms with E-state index in [0.717, 1.165) is 12.8 Å². The van der Waals surface area contributed by atoms with Crippen LogP contribution in [0.2, 0.25) is 0 Å².